The van der Waals surface area contributed by atoms with Crippen molar-refractivity contribution in [3.8, 4) is 0 Å². The van der Waals surface area contributed by atoms with Crippen LogP contribution in [0.4, 0.5) is 0 Å². The van der Waals surface area contributed by atoms with Gasteiger partial charge in [0.1, 0.15) is 16.1 Å². The highest BCUT2D eigenvalue weighted by Crippen LogP contribution is 2.32. The lowest BCUT2D eigenvalue weighted by Gasteiger charge is -2.15. The first-order valence-corrected chi connectivity index (χ1v) is 7.92. The molecule has 122 valence electrons. The first-order chi connectivity index (χ1) is 10.9. The number of carboxylic acids is 1. The number of nitrogens with one attached hydrogen (secondary N) is 1. The van der Waals surface area contributed by atoms with E-state index in [0.29, 0.717) is 15.0 Å². The van der Waals surface area contributed by atoms with Crippen molar-refractivity contribution >= 4 is 52.2 Å². The molecule has 1 aliphatic rings. The number of hydrogen-bond donors (Lipinski definition) is 2. The number of carbonyl (C=O) groups excluding carboxylic acids is 2. The Morgan fingerprint density at radius 3 is 2.91 bits per heavy atom. The molecule has 9 heteroatoms. The van der Waals surface area contributed by atoms with Crippen LogP contribution in [0.25, 0.3) is 6.08 Å². The Balaban J connectivity index is 1.93. The van der Waals surface area contributed by atoms with E-state index in [0.717, 1.165) is 11.8 Å². The number of aliphatic carboxylic acids is 1. The molecule has 1 aromatic rings. The fourth-order valence-corrected chi connectivity index (χ4v) is 3.07. The predicted molar refractivity (Wildman–Crippen MR) is 88.4 cm³/mol. The molecule has 0 aromatic carbocycles. The fourth-order valence-electron chi connectivity index (χ4n) is 1.78. The molecule has 1 aromatic heterocycles. The van der Waals surface area contributed by atoms with Gasteiger partial charge in [0.15, 0.2) is 0 Å². The molecular weight excluding hydrogens is 340 g/mol. The maximum Gasteiger partial charge on any atom is 0.325 e. The fraction of sp³-hybridized carbons (Fsp3) is 0.286. The standard InChI is InChI=1S/C14H14N2O5S2/c1-8(13(19)20)15-11(17)4-5-16-12(18)10(23-14(16)22)7-9-3-2-6-21-9/h2-3,6-8H,4-5H2,1H3,(H,15,17)(H,19,20)/b10-7-. The lowest BCUT2D eigenvalue weighted by atomic mass is 10.3. The summed E-state index contributed by atoms with van der Waals surface area (Å²) in [6.45, 7) is 1.46. The monoisotopic (exact) mass is 354 g/mol. The van der Waals surface area contributed by atoms with Crippen molar-refractivity contribution in [2.45, 2.75) is 19.4 Å². The lowest BCUT2D eigenvalue weighted by Crippen LogP contribution is -2.40. The van der Waals surface area contributed by atoms with Crippen LogP contribution in [0.3, 0.4) is 0 Å². The molecule has 0 saturated carbocycles. The van der Waals surface area contributed by atoms with Gasteiger partial charge >= 0.3 is 5.97 Å². The predicted octanol–water partition coefficient (Wildman–Crippen LogP) is 1.46. The Morgan fingerprint density at radius 2 is 2.30 bits per heavy atom. The van der Waals surface area contributed by atoms with Gasteiger partial charge in [0, 0.05) is 19.0 Å². The van der Waals surface area contributed by atoms with E-state index in [9.17, 15) is 14.4 Å². The Labute approximate surface area is 141 Å². The number of rotatable bonds is 6. The third kappa shape index (κ3) is 4.42. The minimum absolute atomic E-state index is 0.0297. The number of carboxylic acid groups (broad SMARTS) is 1. The van der Waals surface area contributed by atoms with Crippen molar-refractivity contribution in [2.24, 2.45) is 0 Å². The molecule has 23 heavy (non-hydrogen) atoms. The van der Waals surface area contributed by atoms with Crippen LogP contribution in [-0.4, -0.2) is 44.7 Å². The Bertz CT molecular complexity index is 669. The van der Waals surface area contributed by atoms with Crippen LogP contribution in [0.1, 0.15) is 19.1 Å². The van der Waals surface area contributed by atoms with E-state index in [1.165, 1.54) is 18.1 Å². The van der Waals surface area contributed by atoms with Crippen molar-refractivity contribution in [1.82, 2.24) is 10.2 Å². The molecule has 1 unspecified atom stereocenters. The highest BCUT2D eigenvalue weighted by Gasteiger charge is 2.32. The lowest BCUT2D eigenvalue weighted by molar-refractivity contribution is -0.141. The van der Waals surface area contributed by atoms with Crippen molar-refractivity contribution < 1.29 is 23.9 Å². The molecule has 1 saturated heterocycles. The summed E-state index contributed by atoms with van der Waals surface area (Å²) in [6, 6.07) is 2.45. The van der Waals surface area contributed by atoms with Gasteiger partial charge in [0.2, 0.25) is 5.91 Å². The topological polar surface area (TPSA) is 99.9 Å². The molecule has 2 amide bonds. The zero-order valence-corrected chi connectivity index (χ0v) is 13.8. The molecule has 2 heterocycles. The molecule has 1 atom stereocenters. The quantitative estimate of drug-likeness (QED) is 0.589. The first-order valence-electron chi connectivity index (χ1n) is 6.69. The van der Waals surface area contributed by atoms with Gasteiger partial charge in [0.05, 0.1) is 11.2 Å². The normalized spacial score (nSPS) is 17.6. The minimum atomic E-state index is -1.12. The van der Waals surface area contributed by atoms with Gasteiger partial charge in [0.25, 0.3) is 5.91 Å². The number of furan rings is 1. The summed E-state index contributed by atoms with van der Waals surface area (Å²) in [6.07, 6.45) is 3.06. The van der Waals surface area contributed by atoms with Gasteiger partial charge in [-0.25, -0.2) is 0 Å². The third-order valence-corrected chi connectivity index (χ3v) is 4.38. The van der Waals surface area contributed by atoms with Gasteiger partial charge in [-0.1, -0.05) is 24.0 Å². The van der Waals surface area contributed by atoms with E-state index in [4.69, 9.17) is 21.7 Å². The number of amides is 2. The number of nitrogens with zero attached hydrogens (tertiary/aromatic N) is 1. The zero-order valence-electron chi connectivity index (χ0n) is 12.1. The van der Waals surface area contributed by atoms with Crippen molar-refractivity contribution in [3.63, 3.8) is 0 Å². The van der Waals surface area contributed by atoms with Gasteiger partial charge in [-0.3, -0.25) is 19.3 Å². The smallest absolute Gasteiger partial charge is 0.325 e. The van der Waals surface area contributed by atoms with Gasteiger partial charge in [-0.15, -0.1) is 0 Å². The highest BCUT2D eigenvalue weighted by molar-refractivity contribution is 8.26. The molecule has 2 rings (SSSR count). The van der Waals surface area contributed by atoms with E-state index in [1.807, 2.05) is 0 Å². The van der Waals surface area contributed by atoms with E-state index in [1.54, 1.807) is 18.2 Å². The zero-order chi connectivity index (χ0) is 17.0. The number of carbonyl (C=O) groups is 3. The molecule has 0 bridgehead atoms. The highest BCUT2D eigenvalue weighted by atomic mass is 32.2. The van der Waals surface area contributed by atoms with Crippen molar-refractivity contribution in [1.29, 1.82) is 0 Å². The van der Waals surface area contributed by atoms with Crippen LogP contribution in [0, 0.1) is 0 Å². The molecule has 7 nitrogen and oxygen atoms in total. The van der Waals surface area contributed by atoms with E-state index in [2.05, 4.69) is 5.32 Å². The van der Waals surface area contributed by atoms with Crippen molar-refractivity contribution in [3.05, 3.63) is 29.1 Å². The van der Waals surface area contributed by atoms with E-state index in [-0.39, 0.29) is 18.9 Å². The molecular formula is C14H14N2O5S2. The Hall–Kier alpha value is -2.13. The average molecular weight is 354 g/mol. The summed E-state index contributed by atoms with van der Waals surface area (Å²) >= 11 is 6.28. The molecule has 1 aliphatic heterocycles. The summed E-state index contributed by atoms with van der Waals surface area (Å²) in [5.41, 5.74) is 0. The second-order valence-electron chi connectivity index (χ2n) is 4.73. The second-order valence-corrected chi connectivity index (χ2v) is 6.40. The van der Waals surface area contributed by atoms with Crippen LogP contribution >= 0.6 is 24.0 Å². The minimum Gasteiger partial charge on any atom is -0.480 e. The van der Waals surface area contributed by atoms with Crippen LogP contribution < -0.4 is 5.32 Å². The maximum absolute atomic E-state index is 12.3. The largest absolute Gasteiger partial charge is 0.480 e. The van der Waals surface area contributed by atoms with Crippen LogP contribution in [0.2, 0.25) is 0 Å². The second kappa shape index (κ2) is 7.42. The summed E-state index contributed by atoms with van der Waals surface area (Å²) in [5, 5.41) is 11.1. The Kier molecular flexibility index (Phi) is 5.56. The van der Waals surface area contributed by atoms with Gasteiger partial charge in [-0.2, -0.15) is 0 Å². The molecule has 0 radical (unpaired) electrons. The van der Waals surface area contributed by atoms with Crippen LogP contribution in [0.5, 0.6) is 0 Å². The first kappa shape index (κ1) is 17.2. The summed E-state index contributed by atoms with van der Waals surface area (Å²) in [4.78, 5) is 36.4. The van der Waals surface area contributed by atoms with Crippen LogP contribution in [0.15, 0.2) is 27.7 Å². The van der Waals surface area contributed by atoms with Crippen LogP contribution in [-0.2, 0) is 14.4 Å². The van der Waals surface area contributed by atoms with Gasteiger partial charge < -0.3 is 14.8 Å². The number of hydrogen-bond acceptors (Lipinski definition) is 6. The maximum atomic E-state index is 12.3. The van der Waals surface area contributed by atoms with E-state index >= 15 is 0 Å². The molecule has 1 fully saturated rings. The summed E-state index contributed by atoms with van der Waals surface area (Å²) < 4.78 is 5.51. The van der Waals surface area contributed by atoms with E-state index < -0.39 is 17.9 Å². The Morgan fingerprint density at radius 1 is 1.57 bits per heavy atom. The molecule has 0 spiro atoms. The molecule has 2 N–H and O–H groups in total. The van der Waals surface area contributed by atoms with Gasteiger partial charge in [-0.05, 0) is 19.1 Å². The third-order valence-electron chi connectivity index (χ3n) is 3.00. The SMILES string of the molecule is CC(NC(=O)CCN1C(=O)/C(=C/c2ccco2)SC1=S)C(=O)O. The van der Waals surface area contributed by atoms with Crippen molar-refractivity contribution in [2.75, 3.05) is 6.54 Å². The average Bonchev–Trinajstić information content (AvgIpc) is 3.07. The molecule has 0 aliphatic carbocycles. The number of thioether (sulfide) groups is 1. The summed E-state index contributed by atoms with van der Waals surface area (Å²) in [7, 11) is 0. The number of thiocarbonyl (C=S) groups is 1. The summed E-state index contributed by atoms with van der Waals surface area (Å²) in [5.74, 6) is -1.33.